The maximum absolute atomic E-state index is 12.5. The van der Waals surface area contributed by atoms with Crippen molar-refractivity contribution in [1.29, 1.82) is 0 Å². The van der Waals surface area contributed by atoms with Crippen LogP contribution in [-0.4, -0.2) is 61.7 Å². The maximum atomic E-state index is 12.5. The minimum absolute atomic E-state index is 0.168. The van der Waals surface area contributed by atoms with Crippen LogP contribution in [0.15, 0.2) is 16.8 Å². The lowest BCUT2D eigenvalue weighted by molar-refractivity contribution is -0.130. The Morgan fingerprint density at radius 1 is 1.44 bits per heavy atom. The Kier molecular flexibility index (Phi) is 5.80. The lowest BCUT2D eigenvalue weighted by Gasteiger charge is -2.28. The molecule has 1 amide bonds. The van der Waals surface area contributed by atoms with E-state index in [0.29, 0.717) is 24.9 Å². The van der Waals surface area contributed by atoms with Crippen LogP contribution in [0.2, 0.25) is 0 Å². The quantitative estimate of drug-likeness (QED) is 0.853. The lowest BCUT2D eigenvalue weighted by Crippen LogP contribution is -2.37. The van der Waals surface area contributed by atoms with Crippen molar-refractivity contribution < 1.29 is 9.32 Å². The fraction of sp³-hybridized carbons (Fsp3) is 0.647. The van der Waals surface area contributed by atoms with Crippen LogP contribution in [0, 0.1) is 6.92 Å². The minimum atomic E-state index is 0.168. The van der Waals surface area contributed by atoms with Crippen LogP contribution < -0.4 is 0 Å². The normalized spacial score (nSPS) is 18.5. The summed E-state index contributed by atoms with van der Waals surface area (Å²) in [5.74, 6) is 1.50. The van der Waals surface area contributed by atoms with Gasteiger partial charge >= 0.3 is 0 Å². The van der Waals surface area contributed by atoms with Gasteiger partial charge in [0.15, 0.2) is 5.82 Å². The fourth-order valence-electron chi connectivity index (χ4n) is 3.44. The number of aryl methyl sites for hydroxylation is 1. The molecule has 0 aromatic carbocycles. The second-order valence-electron chi connectivity index (χ2n) is 6.52. The number of carbonyl (C=O) groups excluding carboxylic acids is 1. The summed E-state index contributed by atoms with van der Waals surface area (Å²) in [4.78, 5) is 21.2. The Hall–Kier alpha value is -2.22. The molecule has 0 radical (unpaired) electrons. The topological polar surface area (TPSA) is 91.2 Å². The number of hydrogen-bond acceptors (Lipinski definition) is 6. The highest BCUT2D eigenvalue weighted by Crippen LogP contribution is 2.19. The average Bonchev–Trinajstić information content (AvgIpc) is 3.18. The summed E-state index contributed by atoms with van der Waals surface area (Å²) in [5.41, 5.74) is 0.869. The van der Waals surface area contributed by atoms with Crippen molar-refractivity contribution >= 4 is 5.91 Å². The summed E-state index contributed by atoms with van der Waals surface area (Å²) in [7, 11) is 0. The first-order valence-electron chi connectivity index (χ1n) is 8.95. The van der Waals surface area contributed by atoms with Crippen LogP contribution in [0.5, 0.6) is 0 Å². The standard InChI is InChI=1S/C17H26N6O2/c1-3-22(12-16-19-13(2)25-21-16)15-5-4-9-23(10-7-15)17(24)11-14-6-8-18-20-14/h6,8,15H,3-5,7,9-12H2,1-2H3,(H,18,20). The molecule has 8 nitrogen and oxygen atoms in total. The third-order valence-corrected chi connectivity index (χ3v) is 4.79. The molecule has 1 aliphatic rings. The number of H-pyrrole nitrogens is 1. The van der Waals surface area contributed by atoms with Crippen molar-refractivity contribution in [3.63, 3.8) is 0 Å². The van der Waals surface area contributed by atoms with Crippen LogP contribution in [-0.2, 0) is 17.8 Å². The highest BCUT2D eigenvalue weighted by Gasteiger charge is 2.25. The number of likely N-dealkylation sites (tertiary alicyclic amines) is 1. The molecule has 1 saturated heterocycles. The summed E-state index contributed by atoms with van der Waals surface area (Å²) < 4.78 is 5.07. The van der Waals surface area contributed by atoms with Gasteiger partial charge in [0.05, 0.1) is 13.0 Å². The van der Waals surface area contributed by atoms with Crippen LogP contribution in [0.1, 0.15) is 43.6 Å². The highest BCUT2D eigenvalue weighted by atomic mass is 16.5. The number of aromatic nitrogens is 4. The Morgan fingerprint density at radius 2 is 2.32 bits per heavy atom. The van der Waals surface area contributed by atoms with E-state index < -0.39 is 0 Å². The van der Waals surface area contributed by atoms with Crippen LogP contribution in [0.4, 0.5) is 0 Å². The number of rotatable bonds is 6. The van der Waals surface area contributed by atoms with E-state index in [-0.39, 0.29) is 5.91 Å². The Balaban J connectivity index is 1.55. The van der Waals surface area contributed by atoms with Crippen molar-refractivity contribution in [2.24, 2.45) is 0 Å². The molecule has 0 aliphatic carbocycles. The van der Waals surface area contributed by atoms with Gasteiger partial charge < -0.3 is 9.42 Å². The number of nitrogens with zero attached hydrogens (tertiary/aromatic N) is 5. The number of carbonyl (C=O) groups is 1. The predicted molar refractivity (Wildman–Crippen MR) is 91.6 cm³/mol. The van der Waals surface area contributed by atoms with Crippen molar-refractivity contribution in [3.05, 3.63) is 29.7 Å². The van der Waals surface area contributed by atoms with Gasteiger partial charge in [0, 0.05) is 37.9 Å². The molecule has 1 N–H and O–H groups in total. The van der Waals surface area contributed by atoms with Gasteiger partial charge in [0.25, 0.3) is 0 Å². The molecule has 3 rings (SSSR count). The van der Waals surface area contributed by atoms with Gasteiger partial charge in [-0.15, -0.1) is 0 Å². The number of aromatic amines is 1. The zero-order chi connectivity index (χ0) is 17.6. The first-order chi connectivity index (χ1) is 12.2. The number of hydrogen-bond donors (Lipinski definition) is 1. The summed E-state index contributed by atoms with van der Waals surface area (Å²) in [6, 6.07) is 2.29. The molecule has 2 aromatic heterocycles. The molecule has 0 bridgehead atoms. The second-order valence-corrected chi connectivity index (χ2v) is 6.52. The van der Waals surface area contributed by atoms with E-state index in [1.807, 2.05) is 17.9 Å². The maximum Gasteiger partial charge on any atom is 0.228 e. The van der Waals surface area contributed by atoms with Crippen LogP contribution in [0.25, 0.3) is 0 Å². The number of nitrogens with one attached hydrogen (secondary N) is 1. The van der Waals surface area contributed by atoms with E-state index in [1.54, 1.807) is 6.20 Å². The molecule has 1 aliphatic heterocycles. The zero-order valence-corrected chi connectivity index (χ0v) is 14.9. The molecular formula is C17H26N6O2. The summed E-state index contributed by atoms with van der Waals surface area (Å²) in [6.07, 6.45) is 5.14. The van der Waals surface area contributed by atoms with Gasteiger partial charge in [-0.1, -0.05) is 12.1 Å². The Bertz CT molecular complexity index is 668. The van der Waals surface area contributed by atoms with Crippen molar-refractivity contribution in [1.82, 2.24) is 30.1 Å². The van der Waals surface area contributed by atoms with E-state index in [9.17, 15) is 4.79 Å². The lowest BCUT2D eigenvalue weighted by atomic mass is 10.1. The molecule has 0 spiro atoms. The summed E-state index contributed by atoms with van der Waals surface area (Å²) >= 11 is 0. The van der Waals surface area contributed by atoms with Gasteiger partial charge in [0.2, 0.25) is 11.8 Å². The second kappa shape index (κ2) is 8.24. The fourth-order valence-corrected chi connectivity index (χ4v) is 3.44. The van der Waals surface area contributed by atoms with Gasteiger partial charge in [0.1, 0.15) is 0 Å². The van der Waals surface area contributed by atoms with E-state index >= 15 is 0 Å². The predicted octanol–water partition coefficient (Wildman–Crippen LogP) is 1.55. The van der Waals surface area contributed by atoms with E-state index in [2.05, 4.69) is 32.2 Å². The minimum Gasteiger partial charge on any atom is -0.342 e. The molecule has 25 heavy (non-hydrogen) atoms. The summed E-state index contributed by atoms with van der Waals surface area (Å²) in [5, 5.41) is 10.8. The van der Waals surface area contributed by atoms with Crippen molar-refractivity contribution in [2.45, 2.75) is 52.1 Å². The average molecular weight is 346 g/mol. The van der Waals surface area contributed by atoms with E-state index in [4.69, 9.17) is 4.52 Å². The highest BCUT2D eigenvalue weighted by molar-refractivity contribution is 5.78. The molecule has 1 atom stereocenters. The van der Waals surface area contributed by atoms with Crippen molar-refractivity contribution in [2.75, 3.05) is 19.6 Å². The molecule has 1 fully saturated rings. The molecular weight excluding hydrogens is 320 g/mol. The Labute approximate surface area is 147 Å². The third-order valence-electron chi connectivity index (χ3n) is 4.79. The zero-order valence-electron chi connectivity index (χ0n) is 14.9. The summed E-state index contributed by atoms with van der Waals surface area (Å²) in [6.45, 7) is 7.20. The van der Waals surface area contributed by atoms with Gasteiger partial charge in [-0.05, 0) is 31.9 Å². The molecule has 1 unspecified atom stereocenters. The van der Waals surface area contributed by atoms with Gasteiger partial charge in [-0.3, -0.25) is 14.8 Å². The van der Waals surface area contributed by atoms with Gasteiger partial charge in [-0.25, -0.2) is 0 Å². The molecule has 2 aromatic rings. The molecule has 8 heteroatoms. The molecule has 3 heterocycles. The number of amides is 1. The van der Waals surface area contributed by atoms with Crippen molar-refractivity contribution in [3.8, 4) is 0 Å². The van der Waals surface area contributed by atoms with E-state index in [0.717, 1.165) is 50.4 Å². The van der Waals surface area contributed by atoms with E-state index in [1.165, 1.54) is 0 Å². The first kappa shape index (κ1) is 17.6. The molecule has 0 saturated carbocycles. The largest absolute Gasteiger partial charge is 0.342 e. The van der Waals surface area contributed by atoms with Crippen LogP contribution in [0.3, 0.4) is 0 Å². The monoisotopic (exact) mass is 346 g/mol. The Morgan fingerprint density at radius 3 is 3.00 bits per heavy atom. The SMILES string of the molecule is CCN(Cc1noc(C)n1)C1CCCN(C(=O)Cc2ccn[nH]2)CC1. The third kappa shape index (κ3) is 4.66. The smallest absolute Gasteiger partial charge is 0.228 e. The first-order valence-corrected chi connectivity index (χ1v) is 8.95. The van der Waals surface area contributed by atoms with Gasteiger partial charge in [-0.2, -0.15) is 10.1 Å². The van der Waals surface area contributed by atoms with Crippen LogP contribution >= 0.6 is 0 Å². The molecule has 136 valence electrons.